The molecule has 0 saturated heterocycles. The summed E-state index contributed by atoms with van der Waals surface area (Å²) in [5, 5.41) is 9.33. The zero-order chi connectivity index (χ0) is 11.0. The Balaban J connectivity index is 4.18. The van der Waals surface area contributed by atoms with Gasteiger partial charge in [0.1, 0.15) is 0 Å². The molecule has 3 N–H and O–H groups in total. The van der Waals surface area contributed by atoms with Crippen molar-refractivity contribution < 1.29 is 5.11 Å². The summed E-state index contributed by atoms with van der Waals surface area (Å²) in [6.07, 6.45) is 3.19. The van der Waals surface area contributed by atoms with Crippen molar-refractivity contribution in [2.75, 3.05) is 19.7 Å². The predicted molar refractivity (Wildman–Crippen MR) is 61.3 cm³/mol. The molecule has 14 heavy (non-hydrogen) atoms. The molecule has 0 aromatic carbocycles. The molecule has 0 spiro atoms. The minimum Gasteiger partial charge on any atom is -0.395 e. The molecule has 0 aliphatic carbocycles. The van der Waals surface area contributed by atoms with Gasteiger partial charge in [0, 0.05) is 12.1 Å². The molecule has 0 rings (SSSR count). The highest BCUT2D eigenvalue weighted by atomic mass is 16.3. The minimum atomic E-state index is 0.108. The molecule has 0 heterocycles. The number of aliphatic hydroxyl groups is 1. The van der Waals surface area contributed by atoms with Crippen molar-refractivity contribution in [3.63, 3.8) is 0 Å². The maximum absolute atomic E-state index is 9.33. The Morgan fingerprint density at radius 3 is 2.21 bits per heavy atom. The average molecular weight is 202 g/mol. The van der Waals surface area contributed by atoms with E-state index in [9.17, 15) is 5.11 Å². The standard InChI is InChI=1S/C11H26N2O/c1-4-7-10(12)11(9-14)13(6-3)8-5-2/h10-11,14H,4-9,12H2,1-3H3. The van der Waals surface area contributed by atoms with Crippen LogP contribution in [0.4, 0.5) is 0 Å². The summed E-state index contributed by atoms with van der Waals surface area (Å²) in [6, 6.07) is 0.247. The maximum atomic E-state index is 9.33. The van der Waals surface area contributed by atoms with Crippen LogP contribution in [0.3, 0.4) is 0 Å². The highest BCUT2D eigenvalue weighted by Crippen LogP contribution is 2.08. The van der Waals surface area contributed by atoms with E-state index in [4.69, 9.17) is 5.73 Å². The third kappa shape index (κ3) is 4.40. The first-order chi connectivity index (χ1) is 6.71. The molecule has 0 amide bonds. The van der Waals surface area contributed by atoms with Crippen molar-refractivity contribution in [3.05, 3.63) is 0 Å². The number of likely N-dealkylation sites (N-methyl/N-ethyl adjacent to an activating group) is 1. The van der Waals surface area contributed by atoms with Crippen molar-refractivity contribution in [3.8, 4) is 0 Å². The fourth-order valence-corrected chi connectivity index (χ4v) is 1.89. The van der Waals surface area contributed by atoms with Gasteiger partial charge < -0.3 is 10.8 Å². The Morgan fingerprint density at radius 2 is 1.86 bits per heavy atom. The Labute approximate surface area is 88.3 Å². The van der Waals surface area contributed by atoms with Gasteiger partial charge in [-0.2, -0.15) is 0 Å². The maximum Gasteiger partial charge on any atom is 0.0601 e. The molecule has 0 aromatic rings. The summed E-state index contributed by atoms with van der Waals surface area (Å²) in [5.41, 5.74) is 6.04. The van der Waals surface area contributed by atoms with E-state index in [0.717, 1.165) is 32.4 Å². The number of hydrogen-bond acceptors (Lipinski definition) is 3. The molecule has 0 fully saturated rings. The number of hydrogen-bond donors (Lipinski definition) is 2. The second-order valence-corrected chi connectivity index (χ2v) is 3.83. The van der Waals surface area contributed by atoms with Gasteiger partial charge in [-0.25, -0.2) is 0 Å². The predicted octanol–water partition coefficient (Wildman–Crippen LogP) is 1.21. The molecule has 0 aromatic heterocycles. The molecule has 0 bridgehead atoms. The van der Waals surface area contributed by atoms with E-state index >= 15 is 0 Å². The van der Waals surface area contributed by atoms with Crippen molar-refractivity contribution in [2.24, 2.45) is 5.73 Å². The van der Waals surface area contributed by atoms with Crippen molar-refractivity contribution in [2.45, 2.75) is 52.1 Å². The molecule has 0 aliphatic heterocycles. The van der Waals surface area contributed by atoms with Crippen LogP contribution < -0.4 is 5.73 Å². The first-order valence-corrected chi connectivity index (χ1v) is 5.81. The third-order valence-electron chi connectivity index (χ3n) is 2.69. The van der Waals surface area contributed by atoms with Gasteiger partial charge >= 0.3 is 0 Å². The Hall–Kier alpha value is -0.120. The van der Waals surface area contributed by atoms with Crippen LogP contribution in [0, 0.1) is 0 Å². The SMILES string of the molecule is CCCC(N)C(CO)N(CC)CCC. The van der Waals surface area contributed by atoms with Crippen LogP contribution in [0.15, 0.2) is 0 Å². The lowest BCUT2D eigenvalue weighted by Gasteiger charge is -2.33. The first-order valence-electron chi connectivity index (χ1n) is 5.81. The molecule has 3 nitrogen and oxygen atoms in total. The van der Waals surface area contributed by atoms with Crippen LogP contribution in [0.25, 0.3) is 0 Å². The zero-order valence-electron chi connectivity index (χ0n) is 9.87. The fourth-order valence-electron chi connectivity index (χ4n) is 1.89. The number of rotatable bonds is 8. The lowest BCUT2D eigenvalue weighted by Crippen LogP contribution is -2.50. The number of nitrogens with zero attached hydrogens (tertiary/aromatic N) is 1. The third-order valence-corrected chi connectivity index (χ3v) is 2.69. The highest BCUT2D eigenvalue weighted by molar-refractivity contribution is 4.80. The van der Waals surface area contributed by atoms with Gasteiger partial charge in [-0.3, -0.25) is 4.90 Å². The molecular formula is C11H26N2O. The summed E-state index contributed by atoms with van der Waals surface area (Å²) in [4.78, 5) is 2.28. The van der Waals surface area contributed by atoms with Crippen molar-refractivity contribution in [1.29, 1.82) is 0 Å². The first kappa shape index (κ1) is 13.9. The highest BCUT2D eigenvalue weighted by Gasteiger charge is 2.21. The van der Waals surface area contributed by atoms with E-state index in [1.165, 1.54) is 0 Å². The van der Waals surface area contributed by atoms with Gasteiger partial charge in [0.25, 0.3) is 0 Å². The van der Waals surface area contributed by atoms with Gasteiger partial charge in [0.2, 0.25) is 0 Å². The lowest BCUT2D eigenvalue weighted by atomic mass is 10.0. The molecule has 2 unspecified atom stereocenters. The summed E-state index contributed by atoms with van der Waals surface area (Å²) < 4.78 is 0. The summed E-state index contributed by atoms with van der Waals surface area (Å²) >= 11 is 0. The lowest BCUT2D eigenvalue weighted by molar-refractivity contribution is 0.106. The van der Waals surface area contributed by atoms with E-state index in [2.05, 4.69) is 25.7 Å². The Kier molecular flexibility index (Phi) is 8.14. The van der Waals surface area contributed by atoms with E-state index in [1.54, 1.807) is 0 Å². The van der Waals surface area contributed by atoms with E-state index in [-0.39, 0.29) is 18.7 Å². The van der Waals surface area contributed by atoms with Gasteiger partial charge in [-0.1, -0.05) is 27.2 Å². The molecule has 86 valence electrons. The van der Waals surface area contributed by atoms with E-state index in [0.29, 0.717) is 0 Å². The van der Waals surface area contributed by atoms with Crippen LogP contribution in [-0.2, 0) is 0 Å². The van der Waals surface area contributed by atoms with Crippen LogP contribution in [0.2, 0.25) is 0 Å². The number of nitrogens with two attached hydrogens (primary N) is 1. The fraction of sp³-hybridized carbons (Fsp3) is 1.00. The van der Waals surface area contributed by atoms with Gasteiger partial charge in [0.15, 0.2) is 0 Å². The van der Waals surface area contributed by atoms with Crippen LogP contribution in [-0.4, -0.2) is 41.8 Å². The molecule has 0 saturated carbocycles. The van der Waals surface area contributed by atoms with Crippen LogP contribution in [0.1, 0.15) is 40.0 Å². The summed E-state index contributed by atoms with van der Waals surface area (Å²) in [5.74, 6) is 0. The molecule has 0 aliphatic rings. The monoisotopic (exact) mass is 202 g/mol. The minimum absolute atomic E-state index is 0.108. The largest absolute Gasteiger partial charge is 0.395 e. The normalized spacial score (nSPS) is 15.9. The number of aliphatic hydroxyl groups excluding tert-OH is 1. The Bertz CT molecular complexity index is 130. The van der Waals surface area contributed by atoms with Gasteiger partial charge in [-0.05, 0) is 25.9 Å². The van der Waals surface area contributed by atoms with E-state index in [1.807, 2.05) is 0 Å². The van der Waals surface area contributed by atoms with Gasteiger partial charge in [-0.15, -0.1) is 0 Å². The van der Waals surface area contributed by atoms with Crippen molar-refractivity contribution in [1.82, 2.24) is 4.90 Å². The zero-order valence-corrected chi connectivity index (χ0v) is 9.87. The summed E-state index contributed by atoms with van der Waals surface area (Å²) in [6.45, 7) is 8.58. The summed E-state index contributed by atoms with van der Waals surface area (Å²) in [7, 11) is 0. The van der Waals surface area contributed by atoms with Crippen LogP contribution in [0.5, 0.6) is 0 Å². The average Bonchev–Trinajstić information content (AvgIpc) is 2.18. The van der Waals surface area contributed by atoms with Gasteiger partial charge in [0.05, 0.1) is 6.61 Å². The topological polar surface area (TPSA) is 49.5 Å². The Morgan fingerprint density at radius 1 is 1.21 bits per heavy atom. The molecular weight excluding hydrogens is 176 g/mol. The van der Waals surface area contributed by atoms with Crippen LogP contribution >= 0.6 is 0 Å². The quantitative estimate of drug-likeness (QED) is 0.622. The second-order valence-electron chi connectivity index (χ2n) is 3.83. The molecule has 2 atom stereocenters. The molecule has 0 radical (unpaired) electrons. The second kappa shape index (κ2) is 8.21. The van der Waals surface area contributed by atoms with Crippen molar-refractivity contribution >= 4 is 0 Å². The van der Waals surface area contributed by atoms with E-state index < -0.39 is 0 Å². The molecule has 3 heteroatoms. The smallest absolute Gasteiger partial charge is 0.0601 e.